The van der Waals surface area contributed by atoms with Crippen molar-refractivity contribution in [3.05, 3.63) is 52.5 Å². The van der Waals surface area contributed by atoms with Gasteiger partial charge in [-0.25, -0.2) is 0 Å². The fourth-order valence-electron chi connectivity index (χ4n) is 1.90. The van der Waals surface area contributed by atoms with E-state index in [-0.39, 0.29) is 5.91 Å². The maximum Gasteiger partial charge on any atom is 0.259 e. The third-order valence-corrected chi connectivity index (χ3v) is 3.33. The van der Waals surface area contributed by atoms with Crippen molar-refractivity contribution >= 4 is 27.5 Å². The van der Waals surface area contributed by atoms with Crippen molar-refractivity contribution in [2.24, 2.45) is 0 Å². The number of rotatable bonds is 5. The molecule has 0 bridgehead atoms. The van der Waals surface area contributed by atoms with Gasteiger partial charge in [0.1, 0.15) is 11.5 Å². The molecule has 2 aromatic rings. The number of para-hydroxylation sites is 2. The van der Waals surface area contributed by atoms with E-state index in [9.17, 15) is 4.79 Å². The number of hydrogen-bond acceptors (Lipinski definition) is 3. The number of nitrogens with one attached hydrogen (secondary N) is 1. The molecule has 5 heteroatoms. The Morgan fingerprint density at radius 2 is 1.95 bits per heavy atom. The number of benzene rings is 2. The average Bonchev–Trinajstić information content (AvgIpc) is 2.49. The topological polar surface area (TPSA) is 47.6 Å². The quantitative estimate of drug-likeness (QED) is 0.883. The third-order valence-electron chi connectivity index (χ3n) is 2.84. The highest BCUT2D eigenvalue weighted by atomic mass is 79.9. The highest BCUT2D eigenvalue weighted by Crippen LogP contribution is 2.27. The molecule has 0 spiro atoms. The van der Waals surface area contributed by atoms with Crippen LogP contribution in [0.3, 0.4) is 0 Å². The SMILES string of the molecule is CCOc1ccccc1NC(=O)c1cc(Br)ccc1OC. The molecule has 0 heterocycles. The van der Waals surface area contributed by atoms with Crippen molar-refractivity contribution in [3.8, 4) is 11.5 Å². The van der Waals surface area contributed by atoms with E-state index in [0.717, 1.165) is 4.47 Å². The summed E-state index contributed by atoms with van der Waals surface area (Å²) >= 11 is 3.36. The number of amides is 1. The smallest absolute Gasteiger partial charge is 0.259 e. The molecule has 0 radical (unpaired) electrons. The van der Waals surface area contributed by atoms with Crippen LogP contribution in [0.25, 0.3) is 0 Å². The normalized spacial score (nSPS) is 10.0. The summed E-state index contributed by atoms with van der Waals surface area (Å²) in [4.78, 5) is 12.4. The standard InChI is InChI=1S/C16H16BrNO3/c1-3-21-15-7-5-4-6-13(15)18-16(19)12-10-11(17)8-9-14(12)20-2/h4-10H,3H2,1-2H3,(H,18,19). The molecule has 1 N–H and O–H groups in total. The lowest BCUT2D eigenvalue weighted by Gasteiger charge is -2.13. The molecule has 21 heavy (non-hydrogen) atoms. The number of methoxy groups -OCH3 is 1. The van der Waals surface area contributed by atoms with E-state index in [1.165, 1.54) is 7.11 Å². The van der Waals surface area contributed by atoms with E-state index in [1.54, 1.807) is 18.2 Å². The monoisotopic (exact) mass is 349 g/mol. The van der Waals surface area contributed by atoms with Gasteiger partial charge in [0.2, 0.25) is 0 Å². The molecule has 0 saturated carbocycles. The predicted octanol–water partition coefficient (Wildman–Crippen LogP) is 4.11. The van der Waals surface area contributed by atoms with Crippen LogP contribution >= 0.6 is 15.9 Å². The molecule has 110 valence electrons. The van der Waals surface area contributed by atoms with Gasteiger partial charge in [0.25, 0.3) is 5.91 Å². The Balaban J connectivity index is 2.28. The molecule has 2 aromatic carbocycles. The number of anilines is 1. The highest BCUT2D eigenvalue weighted by molar-refractivity contribution is 9.10. The maximum atomic E-state index is 12.4. The van der Waals surface area contributed by atoms with Crippen LogP contribution in [-0.4, -0.2) is 19.6 Å². The molecule has 0 fully saturated rings. The molecule has 0 aliphatic heterocycles. The summed E-state index contributed by atoms with van der Waals surface area (Å²) in [6.45, 7) is 2.43. The molecule has 0 saturated heterocycles. The second kappa shape index (κ2) is 7.13. The number of carbonyl (C=O) groups excluding carboxylic acids is 1. The summed E-state index contributed by atoms with van der Waals surface area (Å²) in [5.74, 6) is 0.909. The zero-order valence-electron chi connectivity index (χ0n) is 11.9. The molecule has 1 amide bonds. The third kappa shape index (κ3) is 3.76. The second-order valence-corrected chi connectivity index (χ2v) is 5.14. The Bertz CT molecular complexity index is 643. The van der Waals surface area contributed by atoms with Gasteiger partial charge in [-0.1, -0.05) is 28.1 Å². The summed E-state index contributed by atoms with van der Waals surface area (Å²) in [7, 11) is 1.54. The van der Waals surface area contributed by atoms with Crippen LogP contribution in [0.15, 0.2) is 46.9 Å². The van der Waals surface area contributed by atoms with Crippen LogP contribution in [0.1, 0.15) is 17.3 Å². The highest BCUT2D eigenvalue weighted by Gasteiger charge is 2.14. The summed E-state index contributed by atoms with van der Waals surface area (Å²) in [5, 5.41) is 2.85. The number of carbonyl (C=O) groups is 1. The Kier molecular flexibility index (Phi) is 5.22. The van der Waals surface area contributed by atoms with Crippen LogP contribution in [0, 0.1) is 0 Å². The molecule has 0 atom stereocenters. The van der Waals surface area contributed by atoms with Crippen molar-refractivity contribution < 1.29 is 14.3 Å². The summed E-state index contributed by atoms with van der Waals surface area (Å²) in [6, 6.07) is 12.6. The first-order chi connectivity index (χ1) is 10.2. The van der Waals surface area contributed by atoms with Crippen LogP contribution in [0.5, 0.6) is 11.5 Å². The minimum absolute atomic E-state index is 0.250. The van der Waals surface area contributed by atoms with Gasteiger partial charge in [0, 0.05) is 4.47 Å². The van der Waals surface area contributed by atoms with Crippen molar-refractivity contribution in [2.75, 3.05) is 19.0 Å². The van der Waals surface area contributed by atoms with Crippen LogP contribution < -0.4 is 14.8 Å². The van der Waals surface area contributed by atoms with E-state index in [4.69, 9.17) is 9.47 Å². The molecule has 0 unspecified atom stereocenters. The van der Waals surface area contributed by atoms with Gasteiger partial charge in [-0.3, -0.25) is 4.79 Å². The zero-order valence-corrected chi connectivity index (χ0v) is 13.4. The minimum Gasteiger partial charge on any atom is -0.496 e. The zero-order chi connectivity index (χ0) is 15.2. The largest absolute Gasteiger partial charge is 0.496 e. The van der Waals surface area contributed by atoms with Crippen LogP contribution in [0.2, 0.25) is 0 Å². The van der Waals surface area contributed by atoms with Gasteiger partial charge < -0.3 is 14.8 Å². The molecule has 2 rings (SSSR count). The number of ether oxygens (including phenoxy) is 2. The van der Waals surface area contributed by atoms with Gasteiger partial charge in [0.15, 0.2) is 0 Å². The molecular weight excluding hydrogens is 334 g/mol. The molecule has 0 aliphatic carbocycles. The Morgan fingerprint density at radius 1 is 1.19 bits per heavy atom. The first kappa shape index (κ1) is 15.4. The summed E-state index contributed by atoms with van der Waals surface area (Å²) < 4.78 is 11.5. The predicted molar refractivity (Wildman–Crippen MR) is 86.3 cm³/mol. The molecule has 0 aliphatic rings. The van der Waals surface area contributed by atoms with Gasteiger partial charge in [-0.2, -0.15) is 0 Å². The first-order valence-corrected chi connectivity index (χ1v) is 7.31. The lowest BCUT2D eigenvalue weighted by atomic mass is 10.2. The van der Waals surface area contributed by atoms with E-state index in [0.29, 0.717) is 29.4 Å². The van der Waals surface area contributed by atoms with Crippen LogP contribution in [-0.2, 0) is 0 Å². The van der Waals surface area contributed by atoms with Crippen molar-refractivity contribution in [1.82, 2.24) is 0 Å². The summed E-state index contributed by atoms with van der Waals surface area (Å²) in [5.41, 5.74) is 1.09. The lowest BCUT2D eigenvalue weighted by molar-refractivity contribution is 0.102. The van der Waals surface area contributed by atoms with Crippen molar-refractivity contribution in [1.29, 1.82) is 0 Å². The van der Waals surface area contributed by atoms with Gasteiger partial charge >= 0.3 is 0 Å². The fraction of sp³-hybridized carbons (Fsp3) is 0.188. The molecule has 0 aromatic heterocycles. The minimum atomic E-state index is -0.250. The van der Waals surface area contributed by atoms with Gasteiger partial charge in [-0.05, 0) is 37.3 Å². The summed E-state index contributed by atoms with van der Waals surface area (Å²) in [6.07, 6.45) is 0. The van der Waals surface area contributed by atoms with E-state index in [1.807, 2.05) is 31.2 Å². The number of hydrogen-bond donors (Lipinski definition) is 1. The Hall–Kier alpha value is -2.01. The molecule has 4 nitrogen and oxygen atoms in total. The average molecular weight is 350 g/mol. The van der Waals surface area contributed by atoms with E-state index >= 15 is 0 Å². The van der Waals surface area contributed by atoms with Gasteiger partial charge in [-0.15, -0.1) is 0 Å². The first-order valence-electron chi connectivity index (χ1n) is 6.52. The second-order valence-electron chi connectivity index (χ2n) is 4.23. The van der Waals surface area contributed by atoms with Gasteiger partial charge in [0.05, 0.1) is 25.0 Å². The van der Waals surface area contributed by atoms with Crippen molar-refractivity contribution in [2.45, 2.75) is 6.92 Å². The van der Waals surface area contributed by atoms with E-state index < -0.39 is 0 Å². The fourth-order valence-corrected chi connectivity index (χ4v) is 2.26. The molecular formula is C16H16BrNO3. The Morgan fingerprint density at radius 3 is 2.67 bits per heavy atom. The maximum absolute atomic E-state index is 12.4. The lowest BCUT2D eigenvalue weighted by Crippen LogP contribution is -2.14. The van der Waals surface area contributed by atoms with Crippen molar-refractivity contribution in [3.63, 3.8) is 0 Å². The van der Waals surface area contributed by atoms with E-state index in [2.05, 4.69) is 21.2 Å². The Labute approximate surface area is 132 Å². The van der Waals surface area contributed by atoms with Crippen LogP contribution in [0.4, 0.5) is 5.69 Å². The number of halogens is 1.